The zero-order valence-electron chi connectivity index (χ0n) is 27.7. The Hall–Kier alpha value is -2.48. The van der Waals surface area contributed by atoms with Crippen LogP contribution < -0.4 is 0 Å². The fraction of sp³-hybridized carbons (Fsp3) is 0.600. The lowest BCUT2D eigenvalue weighted by Crippen LogP contribution is -2.03. The second-order valence-corrected chi connectivity index (χ2v) is 12.6. The first-order valence-corrected chi connectivity index (χ1v) is 17.8. The maximum absolute atomic E-state index is 12.1. The number of allylic oxidation sites excluding steroid dienone is 2. The van der Waals surface area contributed by atoms with Gasteiger partial charge in [-0.15, -0.1) is 0 Å². The standard InChI is InChI=1S/C40H60N2/c1-5-9-13-15-16-19-24-34-26-22-28-36(32-34)39-37(29-18-12-8-4)38(30-20-14-10-6-2)40(42(39)41)35-27-21-25-33(31-35)23-17-11-7-3/h21-22,25-28,31-32H,5-20,23-24,29-30H2,1-4H3. The molecule has 0 atom stereocenters. The number of hydrogen-bond donors (Lipinski definition) is 0. The molecule has 1 heterocycles. The van der Waals surface area contributed by atoms with Crippen molar-refractivity contribution in [3.8, 4) is 0 Å². The van der Waals surface area contributed by atoms with E-state index in [-0.39, 0.29) is 0 Å². The zero-order valence-corrected chi connectivity index (χ0v) is 27.7. The van der Waals surface area contributed by atoms with Gasteiger partial charge in [-0.05, 0) is 86.8 Å². The minimum absolute atomic E-state index is 1.03. The topological polar surface area (TPSA) is 25.3 Å². The number of aryl methyl sites for hydroxylation is 2. The fourth-order valence-corrected chi connectivity index (χ4v) is 6.50. The molecule has 0 fully saturated rings. The quantitative estimate of drug-likeness (QED) is 0.0997. The predicted molar refractivity (Wildman–Crippen MR) is 184 cm³/mol. The van der Waals surface area contributed by atoms with Crippen molar-refractivity contribution >= 4 is 11.4 Å². The second kappa shape index (κ2) is 19.7. The highest BCUT2D eigenvalue weighted by Gasteiger charge is 2.35. The molecule has 0 N–H and O–H groups in total. The third kappa shape index (κ3) is 10.4. The van der Waals surface area contributed by atoms with Gasteiger partial charge in [-0.2, -0.15) is 0 Å². The smallest absolute Gasteiger partial charge is 0.211 e. The zero-order chi connectivity index (χ0) is 30.0. The Labute approximate surface area is 259 Å². The summed E-state index contributed by atoms with van der Waals surface area (Å²) < 4.78 is 1.59. The van der Waals surface area contributed by atoms with Crippen molar-refractivity contribution < 1.29 is 4.70 Å². The van der Waals surface area contributed by atoms with Gasteiger partial charge in [0.25, 0.3) is 0 Å². The van der Waals surface area contributed by atoms with Gasteiger partial charge in [0.1, 0.15) is 0 Å². The molecule has 230 valence electrons. The van der Waals surface area contributed by atoms with E-state index in [9.17, 15) is 5.53 Å². The number of hydrogen-bond acceptors (Lipinski definition) is 0. The largest absolute Gasteiger partial charge is 0.493 e. The Kier molecular flexibility index (Phi) is 15.9. The Balaban J connectivity index is 1.96. The monoisotopic (exact) mass is 568 g/mol. The van der Waals surface area contributed by atoms with Crippen LogP contribution in [0.2, 0.25) is 0 Å². The highest BCUT2D eigenvalue weighted by molar-refractivity contribution is 5.82. The SMILES string of the molecule is CCCCCCCCc1cccc(C2=C(CCCCC)C(CCCCCC)=C(c3cccc(CCCCC)c3)[N+]2=[N-])c1. The van der Waals surface area contributed by atoms with Crippen molar-refractivity contribution in [3.63, 3.8) is 0 Å². The van der Waals surface area contributed by atoms with Gasteiger partial charge < -0.3 is 5.53 Å². The average molecular weight is 569 g/mol. The molecule has 0 unspecified atom stereocenters. The van der Waals surface area contributed by atoms with E-state index < -0.39 is 0 Å². The summed E-state index contributed by atoms with van der Waals surface area (Å²) in [6.45, 7) is 9.12. The molecule has 0 radical (unpaired) electrons. The van der Waals surface area contributed by atoms with Crippen LogP contribution in [0.25, 0.3) is 16.9 Å². The molecule has 0 amide bonds. The lowest BCUT2D eigenvalue weighted by Gasteiger charge is -2.12. The Morgan fingerprint density at radius 1 is 0.452 bits per heavy atom. The highest BCUT2D eigenvalue weighted by Crippen LogP contribution is 2.44. The van der Waals surface area contributed by atoms with Crippen LogP contribution in [-0.2, 0) is 12.8 Å². The van der Waals surface area contributed by atoms with E-state index >= 15 is 0 Å². The third-order valence-electron chi connectivity index (χ3n) is 8.96. The van der Waals surface area contributed by atoms with Gasteiger partial charge in [0.15, 0.2) is 0 Å². The molecule has 1 aliphatic heterocycles. The summed E-state index contributed by atoms with van der Waals surface area (Å²) in [4.78, 5) is 0. The molecule has 2 nitrogen and oxygen atoms in total. The van der Waals surface area contributed by atoms with Crippen LogP contribution in [0.5, 0.6) is 0 Å². The Bertz CT molecular complexity index is 1150. The van der Waals surface area contributed by atoms with E-state index in [2.05, 4.69) is 76.2 Å². The summed E-state index contributed by atoms with van der Waals surface area (Å²) in [7, 11) is 0. The van der Waals surface area contributed by atoms with Gasteiger partial charge in [0, 0.05) is 22.3 Å². The van der Waals surface area contributed by atoms with Gasteiger partial charge in [-0.25, -0.2) is 4.70 Å². The van der Waals surface area contributed by atoms with Crippen LogP contribution in [0.4, 0.5) is 0 Å². The number of nitrogens with zero attached hydrogens (tertiary/aromatic N) is 2. The summed E-state index contributed by atoms with van der Waals surface area (Å²) in [5.41, 5.74) is 22.0. The van der Waals surface area contributed by atoms with Crippen molar-refractivity contribution in [3.05, 3.63) is 87.5 Å². The van der Waals surface area contributed by atoms with Crippen LogP contribution in [0.3, 0.4) is 0 Å². The summed E-state index contributed by atoms with van der Waals surface area (Å²) in [5.74, 6) is 0. The van der Waals surface area contributed by atoms with Gasteiger partial charge >= 0.3 is 0 Å². The Morgan fingerprint density at radius 3 is 1.31 bits per heavy atom. The van der Waals surface area contributed by atoms with Crippen LogP contribution in [0.15, 0.2) is 59.7 Å². The summed E-state index contributed by atoms with van der Waals surface area (Å²) in [5, 5.41) is 0. The van der Waals surface area contributed by atoms with Crippen molar-refractivity contribution in [2.75, 3.05) is 0 Å². The van der Waals surface area contributed by atoms with E-state index in [1.165, 1.54) is 136 Å². The highest BCUT2D eigenvalue weighted by atomic mass is 15.2. The molecular formula is C40H60N2. The summed E-state index contributed by atoms with van der Waals surface area (Å²) in [6, 6.07) is 18.1. The van der Waals surface area contributed by atoms with Crippen LogP contribution in [0, 0.1) is 0 Å². The van der Waals surface area contributed by atoms with Crippen molar-refractivity contribution in [1.82, 2.24) is 0 Å². The number of benzene rings is 2. The molecule has 0 aliphatic carbocycles. The molecule has 0 aromatic heterocycles. The van der Waals surface area contributed by atoms with E-state index in [1.54, 1.807) is 4.70 Å². The van der Waals surface area contributed by atoms with Crippen molar-refractivity contribution in [1.29, 1.82) is 0 Å². The van der Waals surface area contributed by atoms with Crippen LogP contribution in [0.1, 0.15) is 166 Å². The molecule has 42 heavy (non-hydrogen) atoms. The molecular weight excluding hydrogens is 508 g/mol. The van der Waals surface area contributed by atoms with Crippen molar-refractivity contribution in [2.45, 2.75) is 156 Å². The molecule has 2 heteroatoms. The minimum Gasteiger partial charge on any atom is -0.493 e. The lowest BCUT2D eigenvalue weighted by atomic mass is 9.91. The van der Waals surface area contributed by atoms with E-state index in [4.69, 9.17) is 0 Å². The average Bonchev–Trinajstić information content (AvgIpc) is 3.28. The van der Waals surface area contributed by atoms with E-state index in [1.807, 2.05) is 0 Å². The van der Waals surface area contributed by atoms with Gasteiger partial charge in [-0.3, -0.25) is 0 Å². The van der Waals surface area contributed by atoms with Gasteiger partial charge in [0.05, 0.1) is 0 Å². The first kappa shape index (κ1) is 34.0. The van der Waals surface area contributed by atoms with Gasteiger partial charge in [0.2, 0.25) is 11.4 Å². The maximum atomic E-state index is 12.1. The first-order chi connectivity index (χ1) is 20.6. The predicted octanol–water partition coefficient (Wildman–Crippen LogP) is 13.0. The van der Waals surface area contributed by atoms with Gasteiger partial charge in [-0.1, -0.05) is 129 Å². The maximum Gasteiger partial charge on any atom is 0.211 e. The molecule has 0 saturated carbocycles. The molecule has 2 aromatic carbocycles. The molecule has 1 aliphatic rings. The van der Waals surface area contributed by atoms with Crippen LogP contribution in [-0.4, -0.2) is 4.70 Å². The van der Waals surface area contributed by atoms with E-state index in [0.29, 0.717) is 0 Å². The molecule has 0 bridgehead atoms. The van der Waals surface area contributed by atoms with E-state index in [0.717, 1.165) is 37.1 Å². The second-order valence-electron chi connectivity index (χ2n) is 12.6. The fourth-order valence-electron chi connectivity index (χ4n) is 6.50. The van der Waals surface area contributed by atoms with Crippen LogP contribution >= 0.6 is 0 Å². The summed E-state index contributed by atoms with van der Waals surface area (Å²) >= 11 is 0. The minimum atomic E-state index is 1.03. The third-order valence-corrected chi connectivity index (χ3v) is 8.96. The summed E-state index contributed by atoms with van der Waals surface area (Å²) in [6.07, 6.45) is 24.5. The number of unbranched alkanes of at least 4 members (excludes halogenated alkanes) is 12. The normalized spacial score (nSPS) is 13.6. The number of rotatable bonds is 22. The molecule has 0 saturated heterocycles. The molecule has 0 spiro atoms. The lowest BCUT2D eigenvalue weighted by molar-refractivity contribution is -0.345. The Morgan fingerprint density at radius 2 is 0.810 bits per heavy atom. The first-order valence-electron chi connectivity index (χ1n) is 17.8. The molecule has 2 aromatic rings. The molecule has 3 rings (SSSR count). The van der Waals surface area contributed by atoms with Crippen molar-refractivity contribution in [2.24, 2.45) is 0 Å².